The summed E-state index contributed by atoms with van der Waals surface area (Å²) in [5.74, 6) is 5.87. The number of methoxy groups -OCH3 is 1. The Morgan fingerprint density at radius 2 is 2.18 bits per heavy atom. The second-order valence-electron chi connectivity index (χ2n) is 3.18. The second-order valence-corrected chi connectivity index (χ2v) is 4.74. The van der Waals surface area contributed by atoms with Crippen LogP contribution in [-0.4, -0.2) is 27.2 Å². The molecule has 1 aromatic carbocycles. The average Bonchev–Trinajstić information content (AvgIpc) is 2.28. The zero-order valence-electron chi connectivity index (χ0n) is 9.30. The highest BCUT2D eigenvalue weighted by atomic mass is 32.2. The van der Waals surface area contributed by atoms with Crippen molar-refractivity contribution < 1.29 is 18.3 Å². The van der Waals surface area contributed by atoms with Crippen LogP contribution in [0.3, 0.4) is 0 Å². The van der Waals surface area contributed by atoms with E-state index in [4.69, 9.17) is 15.0 Å². The van der Waals surface area contributed by atoms with E-state index in [1.165, 1.54) is 25.3 Å². The molecule has 0 heterocycles. The van der Waals surface area contributed by atoms with Crippen molar-refractivity contribution in [3.8, 4) is 17.6 Å². The Hall–Kier alpha value is -1.55. The zero-order valence-corrected chi connectivity index (χ0v) is 10.1. The lowest BCUT2D eigenvalue weighted by atomic mass is 10.2. The van der Waals surface area contributed by atoms with Crippen LogP contribution < -0.4 is 9.88 Å². The molecular weight excluding hydrogens is 242 g/mol. The summed E-state index contributed by atoms with van der Waals surface area (Å²) in [4.78, 5) is -0.0217. The zero-order chi connectivity index (χ0) is 12.9. The highest BCUT2D eigenvalue weighted by Crippen LogP contribution is 2.20. The lowest BCUT2D eigenvalue weighted by Crippen LogP contribution is -2.12. The number of sulfonamides is 1. The van der Waals surface area contributed by atoms with Crippen molar-refractivity contribution in [3.63, 3.8) is 0 Å². The van der Waals surface area contributed by atoms with Crippen LogP contribution in [-0.2, 0) is 10.0 Å². The molecule has 92 valence electrons. The molecule has 0 fully saturated rings. The number of benzene rings is 1. The smallest absolute Gasteiger partial charge is 0.238 e. The fourth-order valence-electron chi connectivity index (χ4n) is 1.18. The lowest BCUT2D eigenvalue weighted by molar-refractivity contribution is 0.305. The van der Waals surface area contributed by atoms with Crippen molar-refractivity contribution in [1.82, 2.24) is 0 Å². The first-order valence-corrected chi connectivity index (χ1v) is 6.34. The molecular formula is C11H13NO4S. The van der Waals surface area contributed by atoms with E-state index in [2.05, 4.69) is 11.8 Å². The predicted octanol–water partition coefficient (Wildman–Crippen LogP) is 0.0765. The normalized spacial score (nSPS) is 10.5. The first-order chi connectivity index (χ1) is 7.99. The minimum Gasteiger partial charge on any atom is -0.495 e. The minimum atomic E-state index is -3.75. The van der Waals surface area contributed by atoms with Crippen molar-refractivity contribution in [2.24, 2.45) is 5.14 Å². The molecule has 0 saturated heterocycles. The molecule has 0 radical (unpaired) electrons. The number of hydrogen-bond acceptors (Lipinski definition) is 4. The molecule has 17 heavy (non-hydrogen) atoms. The van der Waals surface area contributed by atoms with Crippen LogP contribution in [0.4, 0.5) is 0 Å². The number of primary sulfonamides is 1. The highest BCUT2D eigenvalue weighted by molar-refractivity contribution is 7.89. The summed E-state index contributed by atoms with van der Waals surface area (Å²) in [7, 11) is -2.29. The van der Waals surface area contributed by atoms with Crippen molar-refractivity contribution in [1.29, 1.82) is 0 Å². The number of aliphatic hydroxyl groups is 1. The van der Waals surface area contributed by atoms with Crippen LogP contribution in [0.2, 0.25) is 0 Å². The Labute approximate surface area is 100 Å². The predicted molar refractivity (Wildman–Crippen MR) is 62.9 cm³/mol. The molecule has 0 spiro atoms. The molecule has 0 amide bonds. The Kier molecular flexibility index (Phi) is 4.52. The van der Waals surface area contributed by atoms with E-state index in [1.54, 1.807) is 0 Å². The summed E-state index contributed by atoms with van der Waals surface area (Å²) < 4.78 is 27.4. The molecule has 3 N–H and O–H groups in total. The molecule has 0 aromatic heterocycles. The number of nitrogens with two attached hydrogens (primary N) is 1. The van der Waals surface area contributed by atoms with E-state index in [9.17, 15) is 8.42 Å². The van der Waals surface area contributed by atoms with Crippen LogP contribution in [0.1, 0.15) is 12.0 Å². The Morgan fingerprint density at radius 1 is 1.47 bits per heavy atom. The van der Waals surface area contributed by atoms with E-state index in [-0.39, 0.29) is 11.5 Å². The van der Waals surface area contributed by atoms with Gasteiger partial charge in [0, 0.05) is 6.42 Å². The van der Waals surface area contributed by atoms with E-state index in [0.29, 0.717) is 17.7 Å². The van der Waals surface area contributed by atoms with Crippen LogP contribution >= 0.6 is 0 Å². The van der Waals surface area contributed by atoms with E-state index in [1.807, 2.05) is 0 Å². The Morgan fingerprint density at radius 3 is 2.71 bits per heavy atom. The molecule has 0 aliphatic heterocycles. The molecule has 0 aliphatic carbocycles. The van der Waals surface area contributed by atoms with Gasteiger partial charge in [0.1, 0.15) is 5.75 Å². The van der Waals surface area contributed by atoms with Gasteiger partial charge in [0.05, 0.1) is 24.2 Å². The second kappa shape index (κ2) is 5.68. The van der Waals surface area contributed by atoms with Gasteiger partial charge in [-0.1, -0.05) is 11.8 Å². The van der Waals surface area contributed by atoms with Crippen LogP contribution in [0.5, 0.6) is 5.75 Å². The molecule has 0 unspecified atom stereocenters. The van der Waals surface area contributed by atoms with Gasteiger partial charge in [-0.05, 0) is 18.2 Å². The molecule has 1 aromatic rings. The quantitative estimate of drug-likeness (QED) is 0.748. The summed E-state index contributed by atoms with van der Waals surface area (Å²) >= 11 is 0. The lowest BCUT2D eigenvalue weighted by Gasteiger charge is -2.05. The fraction of sp³-hybridized carbons (Fsp3) is 0.273. The first-order valence-electron chi connectivity index (χ1n) is 4.79. The van der Waals surface area contributed by atoms with Crippen molar-refractivity contribution in [2.75, 3.05) is 13.7 Å². The average molecular weight is 255 g/mol. The topological polar surface area (TPSA) is 89.6 Å². The highest BCUT2D eigenvalue weighted by Gasteiger charge is 2.10. The maximum Gasteiger partial charge on any atom is 0.238 e. The third kappa shape index (κ3) is 3.75. The maximum atomic E-state index is 11.2. The number of aliphatic hydroxyl groups excluding tert-OH is 1. The summed E-state index contributed by atoms with van der Waals surface area (Å²) in [6, 6.07) is 4.19. The number of rotatable bonds is 3. The maximum absolute atomic E-state index is 11.2. The molecule has 0 atom stereocenters. The van der Waals surface area contributed by atoms with Crippen LogP contribution in [0, 0.1) is 11.8 Å². The van der Waals surface area contributed by atoms with Crippen LogP contribution in [0.15, 0.2) is 23.1 Å². The van der Waals surface area contributed by atoms with Crippen LogP contribution in [0.25, 0.3) is 0 Å². The number of ether oxygens (including phenoxy) is 1. The third-order valence-electron chi connectivity index (χ3n) is 1.96. The van der Waals surface area contributed by atoms with Gasteiger partial charge in [0.25, 0.3) is 0 Å². The fourth-order valence-corrected chi connectivity index (χ4v) is 1.72. The van der Waals surface area contributed by atoms with Gasteiger partial charge in [-0.2, -0.15) is 0 Å². The van der Waals surface area contributed by atoms with Gasteiger partial charge in [-0.3, -0.25) is 0 Å². The third-order valence-corrected chi connectivity index (χ3v) is 2.87. The Balaban J connectivity index is 3.22. The summed E-state index contributed by atoms with van der Waals surface area (Å²) in [6.45, 7) is -0.0514. The minimum absolute atomic E-state index is 0.0217. The van der Waals surface area contributed by atoms with Gasteiger partial charge in [0.15, 0.2) is 0 Å². The van der Waals surface area contributed by atoms with Crippen molar-refractivity contribution in [3.05, 3.63) is 23.8 Å². The van der Waals surface area contributed by atoms with E-state index < -0.39 is 10.0 Å². The number of hydrogen-bond donors (Lipinski definition) is 2. The van der Waals surface area contributed by atoms with Crippen molar-refractivity contribution in [2.45, 2.75) is 11.3 Å². The SMILES string of the molecule is COc1ccc(S(N)(=O)=O)cc1C#CCCO. The molecule has 5 nitrogen and oxygen atoms in total. The van der Waals surface area contributed by atoms with Gasteiger partial charge >= 0.3 is 0 Å². The van der Waals surface area contributed by atoms with Gasteiger partial charge in [-0.25, -0.2) is 13.6 Å². The van der Waals surface area contributed by atoms with Gasteiger partial charge < -0.3 is 9.84 Å². The molecule has 0 aliphatic rings. The monoisotopic (exact) mass is 255 g/mol. The van der Waals surface area contributed by atoms with E-state index in [0.717, 1.165) is 0 Å². The summed E-state index contributed by atoms with van der Waals surface area (Å²) in [6.07, 6.45) is 0.308. The summed E-state index contributed by atoms with van der Waals surface area (Å²) in [5, 5.41) is 13.6. The Bertz CT molecular complexity index is 555. The molecule has 1 rings (SSSR count). The molecule has 0 saturated carbocycles. The summed E-state index contributed by atoms with van der Waals surface area (Å²) in [5.41, 5.74) is 0.424. The first kappa shape index (κ1) is 13.5. The van der Waals surface area contributed by atoms with E-state index >= 15 is 0 Å². The largest absolute Gasteiger partial charge is 0.495 e. The van der Waals surface area contributed by atoms with Gasteiger partial charge in [-0.15, -0.1) is 0 Å². The standard InChI is InChI=1S/C11H13NO4S/c1-16-11-6-5-10(17(12,14)15)8-9(11)4-2-3-7-13/h5-6,8,13H,3,7H2,1H3,(H2,12,14,15). The molecule has 6 heteroatoms. The molecule has 0 bridgehead atoms. The van der Waals surface area contributed by atoms with Gasteiger partial charge in [0.2, 0.25) is 10.0 Å². The van der Waals surface area contributed by atoms with Crippen molar-refractivity contribution >= 4 is 10.0 Å².